The van der Waals surface area contributed by atoms with Crippen molar-refractivity contribution in [3.8, 4) is 0 Å². The predicted molar refractivity (Wildman–Crippen MR) is 99.3 cm³/mol. The van der Waals surface area contributed by atoms with Crippen LogP contribution in [0, 0.1) is 6.92 Å². The maximum Gasteiger partial charge on any atom is 0.191 e. The number of aliphatic imine (C=N–C) groups is 1. The zero-order valence-electron chi connectivity index (χ0n) is 14.9. The van der Waals surface area contributed by atoms with Crippen molar-refractivity contribution in [2.45, 2.75) is 31.8 Å². The summed E-state index contributed by atoms with van der Waals surface area (Å²) in [6.45, 7) is 6.59. The highest BCUT2D eigenvalue weighted by atomic mass is 32.2. The molecule has 0 aliphatic heterocycles. The molecule has 1 heterocycles. The molecule has 1 aromatic heterocycles. The monoisotopic (exact) mass is 363 g/mol. The molecule has 0 aliphatic rings. The van der Waals surface area contributed by atoms with Gasteiger partial charge in [-0.3, -0.25) is 0 Å². The van der Waals surface area contributed by atoms with E-state index in [1.54, 1.807) is 25.5 Å². The summed E-state index contributed by atoms with van der Waals surface area (Å²) in [7, 11) is -3.19. The van der Waals surface area contributed by atoms with Gasteiger partial charge in [-0.1, -0.05) is 12.1 Å². The number of guanidine groups is 1. The Bertz CT molecular complexity index is 814. The number of benzene rings is 1. The Labute approximate surface area is 149 Å². The maximum absolute atomic E-state index is 11.7. The van der Waals surface area contributed by atoms with Crippen LogP contribution in [0.15, 0.2) is 46.8 Å². The lowest BCUT2D eigenvalue weighted by Gasteiger charge is -2.12. The number of sulfone groups is 1. The van der Waals surface area contributed by atoms with E-state index in [4.69, 9.17) is 0 Å². The van der Waals surface area contributed by atoms with Gasteiger partial charge in [-0.2, -0.15) is 0 Å². The van der Waals surface area contributed by atoms with Gasteiger partial charge in [0.15, 0.2) is 15.8 Å². The zero-order valence-corrected chi connectivity index (χ0v) is 15.7. The summed E-state index contributed by atoms with van der Waals surface area (Å²) in [5.41, 5.74) is 1.71. The lowest BCUT2D eigenvalue weighted by Crippen LogP contribution is -2.38. The maximum atomic E-state index is 11.7. The number of imidazole rings is 1. The number of hydrogen-bond acceptors (Lipinski definition) is 4. The van der Waals surface area contributed by atoms with Gasteiger partial charge in [-0.25, -0.2) is 18.4 Å². The highest BCUT2D eigenvalue weighted by Gasteiger charge is 2.10. The lowest BCUT2D eigenvalue weighted by molar-refractivity contribution is 0.601. The Kier molecular flexibility index (Phi) is 6.58. The summed E-state index contributed by atoms with van der Waals surface area (Å²) < 4.78 is 25.3. The molecule has 7 nitrogen and oxygen atoms in total. The van der Waals surface area contributed by atoms with E-state index in [0.717, 1.165) is 36.7 Å². The average Bonchev–Trinajstić information content (AvgIpc) is 3.04. The molecule has 2 N–H and O–H groups in total. The van der Waals surface area contributed by atoms with Crippen molar-refractivity contribution in [3.63, 3.8) is 0 Å². The van der Waals surface area contributed by atoms with Crippen LogP contribution in [0.2, 0.25) is 0 Å². The molecule has 136 valence electrons. The molecule has 8 heteroatoms. The van der Waals surface area contributed by atoms with E-state index in [0.29, 0.717) is 11.4 Å². The Morgan fingerprint density at radius 2 is 2.12 bits per heavy atom. The van der Waals surface area contributed by atoms with Gasteiger partial charge in [0.1, 0.15) is 0 Å². The van der Waals surface area contributed by atoms with Gasteiger partial charge >= 0.3 is 0 Å². The van der Waals surface area contributed by atoms with E-state index in [1.165, 1.54) is 6.26 Å². The third-order valence-corrected chi connectivity index (χ3v) is 4.88. The first kappa shape index (κ1) is 19.0. The number of nitrogens with one attached hydrogen (secondary N) is 2. The van der Waals surface area contributed by atoms with Crippen molar-refractivity contribution in [1.29, 1.82) is 0 Å². The minimum atomic E-state index is -3.19. The van der Waals surface area contributed by atoms with E-state index >= 15 is 0 Å². The van der Waals surface area contributed by atoms with Gasteiger partial charge in [0.05, 0.1) is 17.8 Å². The third kappa shape index (κ3) is 5.90. The Balaban J connectivity index is 1.99. The van der Waals surface area contributed by atoms with Gasteiger partial charge in [-0.15, -0.1) is 0 Å². The topological polar surface area (TPSA) is 88.4 Å². The van der Waals surface area contributed by atoms with E-state index < -0.39 is 9.84 Å². The first-order chi connectivity index (χ1) is 11.9. The second kappa shape index (κ2) is 8.66. The summed E-state index contributed by atoms with van der Waals surface area (Å²) >= 11 is 0. The molecule has 0 fully saturated rings. The molecule has 2 rings (SSSR count). The average molecular weight is 363 g/mol. The Morgan fingerprint density at radius 3 is 2.72 bits per heavy atom. The zero-order chi connectivity index (χ0) is 18.3. The molecule has 0 atom stereocenters. The quantitative estimate of drug-likeness (QED) is 0.573. The molecule has 25 heavy (non-hydrogen) atoms. The van der Waals surface area contributed by atoms with E-state index in [-0.39, 0.29) is 0 Å². The molecule has 0 radical (unpaired) electrons. The molecule has 0 amide bonds. The molecule has 0 unspecified atom stereocenters. The summed E-state index contributed by atoms with van der Waals surface area (Å²) in [5, 5.41) is 6.48. The second-order valence-electron chi connectivity index (χ2n) is 5.79. The number of rotatable bonds is 7. The molecule has 2 aromatic rings. The van der Waals surface area contributed by atoms with Gasteiger partial charge in [0.25, 0.3) is 0 Å². The fraction of sp³-hybridized carbons (Fsp3) is 0.412. The number of hydrogen-bond donors (Lipinski definition) is 2. The molecular weight excluding hydrogens is 338 g/mol. The number of nitrogens with zero attached hydrogens (tertiary/aromatic N) is 3. The third-order valence-electron chi connectivity index (χ3n) is 3.62. The van der Waals surface area contributed by atoms with Crippen LogP contribution in [0.1, 0.15) is 18.1 Å². The van der Waals surface area contributed by atoms with Crippen LogP contribution in [0.5, 0.6) is 0 Å². The molecule has 1 aromatic carbocycles. The first-order valence-electron chi connectivity index (χ1n) is 8.17. The highest BCUT2D eigenvalue weighted by Crippen LogP contribution is 2.17. The van der Waals surface area contributed by atoms with Crippen molar-refractivity contribution in [2.24, 2.45) is 4.99 Å². The van der Waals surface area contributed by atoms with Gasteiger partial charge in [0.2, 0.25) is 0 Å². The van der Waals surface area contributed by atoms with Crippen molar-refractivity contribution < 1.29 is 8.42 Å². The predicted octanol–water partition coefficient (Wildman–Crippen LogP) is 1.35. The van der Waals surface area contributed by atoms with Gasteiger partial charge in [-0.05, 0) is 31.0 Å². The smallest absolute Gasteiger partial charge is 0.191 e. The Hall–Kier alpha value is -2.35. The number of aromatic nitrogens is 2. The van der Waals surface area contributed by atoms with Crippen LogP contribution >= 0.6 is 0 Å². The van der Waals surface area contributed by atoms with Crippen LogP contribution in [0.3, 0.4) is 0 Å². The van der Waals surface area contributed by atoms with Gasteiger partial charge in [0, 0.05) is 38.3 Å². The van der Waals surface area contributed by atoms with E-state index in [1.807, 2.05) is 29.8 Å². The summed E-state index contributed by atoms with van der Waals surface area (Å²) in [6.07, 6.45) is 6.66. The van der Waals surface area contributed by atoms with Crippen LogP contribution in [-0.4, -0.2) is 43.3 Å². The Morgan fingerprint density at radius 1 is 1.32 bits per heavy atom. The molecule has 0 bridgehead atoms. The van der Waals surface area contributed by atoms with Crippen LogP contribution in [0.4, 0.5) is 0 Å². The summed E-state index contributed by atoms with van der Waals surface area (Å²) in [4.78, 5) is 8.93. The molecular formula is C17H25N5O2S. The van der Waals surface area contributed by atoms with Crippen LogP contribution < -0.4 is 10.6 Å². The minimum absolute atomic E-state index is 0.366. The highest BCUT2D eigenvalue weighted by molar-refractivity contribution is 7.90. The second-order valence-corrected chi connectivity index (χ2v) is 7.78. The first-order valence-corrected chi connectivity index (χ1v) is 10.1. The fourth-order valence-corrected chi connectivity index (χ4v) is 3.42. The van der Waals surface area contributed by atoms with Crippen LogP contribution in [-0.2, 0) is 22.9 Å². The molecule has 0 spiro atoms. The van der Waals surface area contributed by atoms with E-state index in [9.17, 15) is 8.42 Å². The van der Waals surface area contributed by atoms with Crippen molar-refractivity contribution in [1.82, 2.24) is 20.2 Å². The fourth-order valence-electron chi connectivity index (χ4n) is 2.46. The SMILES string of the molecule is CCNC(=NCc1ccc(S(C)(=O)=O)c(C)c1)NCCn1ccnc1. The summed E-state index contributed by atoms with van der Waals surface area (Å²) in [5.74, 6) is 0.729. The normalized spacial score (nSPS) is 12.2. The lowest BCUT2D eigenvalue weighted by atomic mass is 10.1. The van der Waals surface area contributed by atoms with Crippen molar-refractivity contribution >= 4 is 15.8 Å². The number of aryl methyl sites for hydroxylation is 1. The largest absolute Gasteiger partial charge is 0.357 e. The van der Waals surface area contributed by atoms with Crippen molar-refractivity contribution in [3.05, 3.63) is 48.0 Å². The molecule has 0 aliphatic carbocycles. The molecule has 0 saturated carbocycles. The van der Waals surface area contributed by atoms with Crippen LogP contribution in [0.25, 0.3) is 0 Å². The van der Waals surface area contributed by atoms with Gasteiger partial charge < -0.3 is 15.2 Å². The molecule has 0 saturated heterocycles. The van der Waals surface area contributed by atoms with Crippen molar-refractivity contribution in [2.75, 3.05) is 19.3 Å². The summed E-state index contributed by atoms with van der Waals surface area (Å²) in [6, 6.07) is 5.33. The standard InChI is InChI=1S/C17H25N5O2S/c1-4-19-17(20-8-10-22-9-7-18-13-22)21-12-15-5-6-16(14(2)11-15)25(3,23)24/h5-7,9,11,13H,4,8,10,12H2,1-3H3,(H2,19,20,21). The minimum Gasteiger partial charge on any atom is -0.357 e. The van der Waals surface area contributed by atoms with E-state index in [2.05, 4.69) is 20.6 Å².